The van der Waals surface area contributed by atoms with E-state index in [1.165, 1.54) is 11.2 Å². The van der Waals surface area contributed by atoms with Crippen LogP contribution in [0.5, 0.6) is 0 Å². The Morgan fingerprint density at radius 1 is 0.815 bits per heavy atom. The minimum atomic E-state index is 0. The Balaban J connectivity index is 0. The van der Waals surface area contributed by atoms with Gasteiger partial charge in [-0.2, -0.15) is 0 Å². The van der Waals surface area contributed by atoms with Gasteiger partial charge >= 0.3 is 0 Å². The van der Waals surface area contributed by atoms with E-state index >= 15 is 0 Å². The third-order valence-electron chi connectivity index (χ3n) is 2.93. The van der Waals surface area contributed by atoms with Crippen molar-refractivity contribution >= 4 is 55.4 Å². The van der Waals surface area contributed by atoms with Crippen LogP contribution < -0.4 is 0 Å². The summed E-state index contributed by atoms with van der Waals surface area (Å²) >= 11 is 1.69. The summed E-state index contributed by atoms with van der Waals surface area (Å²) < 4.78 is 0. The SMILES string of the molecule is CSSC.CSc1c[nH]c2ncncc12.[Ar].[Ar].[Ar].c1ncc2cc[nH]c2n1. The van der Waals surface area contributed by atoms with Crippen LogP contribution in [0.15, 0.2) is 48.4 Å². The first-order valence-electron chi connectivity index (χ1n) is 6.91. The predicted molar refractivity (Wildman–Crippen MR) is 107 cm³/mol. The smallest absolute Gasteiger partial charge is 0.141 e. The molecule has 0 aliphatic carbocycles. The van der Waals surface area contributed by atoms with Crippen molar-refractivity contribution in [2.75, 3.05) is 18.8 Å². The molecule has 0 saturated carbocycles. The van der Waals surface area contributed by atoms with E-state index in [1.54, 1.807) is 45.9 Å². The van der Waals surface area contributed by atoms with Crippen molar-refractivity contribution in [1.82, 2.24) is 29.9 Å². The van der Waals surface area contributed by atoms with Crippen molar-refractivity contribution in [3.05, 3.63) is 43.5 Å². The first-order chi connectivity index (χ1) is 11.8. The minimum absolute atomic E-state index is 0. The molecule has 4 aromatic heterocycles. The van der Waals surface area contributed by atoms with Gasteiger partial charge in [0.2, 0.25) is 0 Å². The van der Waals surface area contributed by atoms with Gasteiger partial charge in [0.15, 0.2) is 0 Å². The average molecular weight is 498 g/mol. The van der Waals surface area contributed by atoms with Gasteiger partial charge in [0, 0.05) is 148 Å². The van der Waals surface area contributed by atoms with E-state index in [4.69, 9.17) is 0 Å². The summed E-state index contributed by atoms with van der Waals surface area (Å²) in [6.45, 7) is 0. The Hall–Kier alpha value is 2.07. The molecule has 0 aliphatic heterocycles. The molecule has 0 bridgehead atoms. The molecule has 0 aromatic carbocycles. The second-order valence-electron chi connectivity index (χ2n) is 4.28. The third-order valence-corrected chi connectivity index (χ3v) is 5.04. The molecule has 0 radical (unpaired) electrons. The number of fused-ring (bicyclic) bond motifs is 2. The van der Waals surface area contributed by atoms with Gasteiger partial charge in [-0.05, 0) is 24.8 Å². The molecule has 150 valence electrons. The summed E-state index contributed by atoms with van der Waals surface area (Å²) in [7, 11) is 3.55. The van der Waals surface area contributed by atoms with E-state index in [2.05, 4.69) is 42.4 Å². The zero-order valence-corrected chi connectivity index (χ0v) is 19.2. The van der Waals surface area contributed by atoms with E-state index < -0.39 is 0 Å². The Labute approximate surface area is 260 Å². The van der Waals surface area contributed by atoms with Crippen LogP contribution in [0.4, 0.5) is 0 Å². The van der Waals surface area contributed by atoms with Crippen LogP contribution in [0.3, 0.4) is 0 Å². The van der Waals surface area contributed by atoms with Gasteiger partial charge in [0.05, 0.1) is 5.39 Å². The number of H-pyrrole nitrogens is 2. The molecule has 4 rings (SSSR count). The number of aromatic nitrogens is 6. The van der Waals surface area contributed by atoms with E-state index in [-0.39, 0.29) is 113 Å². The molecule has 4 heterocycles. The van der Waals surface area contributed by atoms with Crippen LogP contribution in [-0.2, 0) is 0 Å². The van der Waals surface area contributed by atoms with Crippen LogP contribution in [0, 0.1) is 113 Å². The Kier molecular flexibility index (Phi) is 21.8. The molecule has 0 amide bonds. The van der Waals surface area contributed by atoms with Crippen LogP contribution in [0.25, 0.3) is 22.1 Å². The fraction of sp³-hybridized carbons (Fsp3) is 0.200. The van der Waals surface area contributed by atoms with E-state index in [0.717, 1.165) is 22.1 Å². The summed E-state index contributed by atoms with van der Waals surface area (Å²) in [5.74, 6) is 0. The second kappa shape index (κ2) is 18.8. The van der Waals surface area contributed by atoms with E-state index in [1.807, 2.05) is 30.9 Å². The van der Waals surface area contributed by atoms with Crippen molar-refractivity contribution in [3.8, 4) is 0 Å². The molecule has 0 aliphatic rings. The normalized spacial score (nSPS) is 8.85. The molecular weight excluding hydrogens is 480 g/mol. The molecule has 2 N–H and O–H groups in total. The number of thioether (sulfide) groups is 1. The fourth-order valence-electron chi connectivity index (χ4n) is 1.80. The number of nitrogens with zero attached hydrogens (tertiary/aromatic N) is 4. The number of aromatic amines is 2. The summed E-state index contributed by atoms with van der Waals surface area (Å²) in [5.41, 5.74) is 1.80. The maximum atomic E-state index is 4.07. The average Bonchev–Trinajstić information content (AvgIpc) is 3.29. The Morgan fingerprint density at radius 2 is 1.44 bits per heavy atom. The minimum Gasteiger partial charge on any atom is -0.346 e. The van der Waals surface area contributed by atoms with E-state index in [0.29, 0.717) is 0 Å². The predicted octanol–water partition coefficient (Wildman–Crippen LogP) is 4.27. The molecule has 27 heavy (non-hydrogen) atoms. The number of rotatable bonds is 2. The topological polar surface area (TPSA) is 83.1 Å². The molecule has 0 fully saturated rings. The van der Waals surface area contributed by atoms with Crippen molar-refractivity contribution in [2.45, 2.75) is 4.90 Å². The standard InChI is InChI=1S/C7H7N3S.C6H5N3.C2H6S2.3Ar/c1-11-6-3-9-7-5(6)2-8-4-10-7;1-2-8-6-5(1)3-7-4-9-6;1-3-4-2;;;/h2-4H,1H3,(H,8,9,10);1-4H,(H,7,8,9);1-2H3;;;. The van der Waals surface area contributed by atoms with Gasteiger partial charge in [-0.3, -0.25) is 0 Å². The molecular formula is C15H18Ar3N6S3. The van der Waals surface area contributed by atoms with Crippen LogP contribution in [0.2, 0.25) is 0 Å². The second-order valence-corrected chi connectivity index (χ2v) is 7.79. The first-order valence-corrected chi connectivity index (χ1v) is 11.1. The first kappa shape index (κ1) is 31.3. The number of nitrogens with one attached hydrogen (secondary N) is 2. The summed E-state index contributed by atoms with van der Waals surface area (Å²) in [4.78, 5) is 23.1. The number of hydrogen-bond acceptors (Lipinski definition) is 7. The maximum Gasteiger partial charge on any atom is 0.141 e. The zero-order valence-electron chi connectivity index (χ0n) is 14.6. The van der Waals surface area contributed by atoms with Crippen LogP contribution >= 0.6 is 33.3 Å². The van der Waals surface area contributed by atoms with Crippen molar-refractivity contribution in [3.63, 3.8) is 0 Å². The van der Waals surface area contributed by atoms with Gasteiger partial charge in [0.25, 0.3) is 0 Å². The van der Waals surface area contributed by atoms with Gasteiger partial charge < -0.3 is 9.97 Å². The monoisotopic (exact) mass is 498 g/mol. The number of hydrogen-bond donors (Lipinski definition) is 2. The van der Waals surface area contributed by atoms with Gasteiger partial charge in [-0.1, -0.05) is 21.6 Å². The van der Waals surface area contributed by atoms with Crippen LogP contribution in [0.1, 0.15) is 0 Å². The fourth-order valence-corrected chi connectivity index (χ4v) is 2.34. The quantitative estimate of drug-likeness (QED) is 0.316. The van der Waals surface area contributed by atoms with Gasteiger partial charge in [-0.15, -0.1) is 11.8 Å². The van der Waals surface area contributed by atoms with Crippen molar-refractivity contribution < 1.29 is 113 Å². The Morgan fingerprint density at radius 3 is 2.04 bits per heavy atom. The molecule has 6 nitrogen and oxygen atoms in total. The summed E-state index contributed by atoms with van der Waals surface area (Å²) in [6, 6.07) is 1.94. The van der Waals surface area contributed by atoms with Crippen molar-refractivity contribution in [2.24, 2.45) is 0 Å². The Bertz CT molecular complexity index is 842. The molecule has 4 aromatic rings. The van der Waals surface area contributed by atoms with E-state index in [9.17, 15) is 0 Å². The molecule has 0 spiro atoms. The van der Waals surface area contributed by atoms with Crippen molar-refractivity contribution in [1.29, 1.82) is 0 Å². The van der Waals surface area contributed by atoms with Crippen LogP contribution in [-0.4, -0.2) is 48.7 Å². The maximum absolute atomic E-state index is 4.07. The third kappa shape index (κ3) is 10.8. The summed E-state index contributed by atoms with van der Waals surface area (Å²) in [5, 5.41) is 2.15. The summed E-state index contributed by atoms with van der Waals surface area (Å²) in [6.07, 6.45) is 16.6. The molecule has 0 unspecified atom stereocenters. The molecule has 0 saturated heterocycles. The zero-order chi connectivity index (χ0) is 17.2. The largest absolute Gasteiger partial charge is 0.346 e. The van der Waals surface area contributed by atoms with Gasteiger partial charge in [0.1, 0.15) is 23.9 Å². The molecule has 12 heteroatoms. The molecule has 0 atom stereocenters. The van der Waals surface area contributed by atoms with Gasteiger partial charge in [-0.25, -0.2) is 19.9 Å².